The van der Waals surface area contributed by atoms with E-state index in [1.165, 1.54) is 0 Å². The van der Waals surface area contributed by atoms with Gasteiger partial charge in [-0.2, -0.15) is 13.2 Å². The van der Waals surface area contributed by atoms with E-state index in [2.05, 4.69) is 14.9 Å². The lowest BCUT2D eigenvalue weighted by atomic mass is 9.80. The number of carbonyl (C=O) groups excluding carboxylic acids is 1. The SMILES string of the molecule is Cn1cccc1C(=O)N1CCCC2(COCCN(c3ncccn3)C2)C1.O=C(O)C(F)(F)F. The summed E-state index contributed by atoms with van der Waals surface area (Å²) in [6.45, 7) is 4.43. The summed E-state index contributed by atoms with van der Waals surface area (Å²) < 4.78 is 39.6. The molecule has 1 atom stereocenters. The number of amides is 1. The Bertz CT molecular complexity index is 953. The molecule has 0 aliphatic carbocycles. The number of aromatic nitrogens is 3. The maximum atomic E-state index is 13.0. The Morgan fingerprint density at radius 1 is 1.15 bits per heavy atom. The van der Waals surface area contributed by atoms with E-state index in [9.17, 15) is 18.0 Å². The number of piperidine rings is 1. The van der Waals surface area contributed by atoms with Crippen LogP contribution in [-0.4, -0.2) is 82.0 Å². The third-order valence-electron chi connectivity index (χ3n) is 5.63. The average Bonchev–Trinajstić information content (AvgIpc) is 3.11. The average molecular weight is 469 g/mol. The fourth-order valence-corrected chi connectivity index (χ4v) is 4.09. The Balaban J connectivity index is 0.000000383. The minimum Gasteiger partial charge on any atom is -0.475 e. The van der Waals surface area contributed by atoms with E-state index >= 15 is 0 Å². The molecule has 2 aromatic rings. The van der Waals surface area contributed by atoms with Gasteiger partial charge in [0.1, 0.15) is 5.69 Å². The summed E-state index contributed by atoms with van der Waals surface area (Å²) in [5, 5.41) is 7.12. The maximum Gasteiger partial charge on any atom is 0.490 e. The van der Waals surface area contributed by atoms with Gasteiger partial charge in [-0.3, -0.25) is 4.79 Å². The first kappa shape index (κ1) is 24.5. The Morgan fingerprint density at radius 3 is 2.45 bits per heavy atom. The van der Waals surface area contributed by atoms with E-state index in [1.54, 1.807) is 12.4 Å². The predicted molar refractivity (Wildman–Crippen MR) is 112 cm³/mol. The van der Waals surface area contributed by atoms with Gasteiger partial charge < -0.3 is 24.2 Å². The summed E-state index contributed by atoms with van der Waals surface area (Å²) in [6.07, 6.45) is 2.41. The van der Waals surface area contributed by atoms with Gasteiger partial charge in [-0.15, -0.1) is 0 Å². The molecule has 9 nitrogen and oxygen atoms in total. The second-order valence-corrected chi connectivity index (χ2v) is 8.16. The lowest BCUT2D eigenvalue weighted by molar-refractivity contribution is -0.192. The number of ether oxygens (including phenoxy) is 1. The monoisotopic (exact) mass is 469 g/mol. The van der Waals surface area contributed by atoms with Gasteiger partial charge in [0.15, 0.2) is 0 Å². The molecule has 0 radical (unpaired) electrons. The van der Waals surface area contributed by atoms with Crippen LogP contribution in [0.3, 0.4) is 0 Å². The smallest absolute Gasteiger partial charge is 0.475 e. The van der Waals surface area contributed by atoms with Gasteiger partial charge in [0.05, 0.1) is 13.2 Å². The molecule has 33 heavy (non-hydrogen) atoms. The number of hydrogen-bond donors (Lipinski definition) is 1. The van der Waals surface area contributed by atoms with Crippen molar-refractivity contribution in [3.8, 4) is 0 Å². The zero-order chi connectivity index (χ0) is 24.1. The minimum atomic E-state index is -5.08. The van der Waals surface area contributed by atoms with E-state index in [0.29, 0.717) is 19.8 Å². The van der Waals surface area contributed by atoms with E-state index in [4.69, 9.17) is 14.6 Å². The third-order valence-corrected chi connectivity index (χ3v) is 5.63. The van der Waals surface area contributed by atoms with Gasteiger partial charge >= 0.3 is 12.1 Å². The van der Waals surface area contributed by atoms with Crippen LogP contribution in [0.1, 0.15) is 23.3 Å². The lowest BCUT2D eigenvalue weighted by Crippen LogP contribution is -2.52. The van der Waals surface area contributed by atoms with E-state index < -0.39 is 12.1 Å². The molecule has 12 heteroatoms. The van der Waals surface area contributed by atoms with Crippen molar-refractivity contribution in [3.63, 3.8) is 0 Å². The lowest BCUT2D eigenvalue weighted by Gasteiger charge is -2.43. The third kappa shape index (κ3) is 6.21. The van der Waals surface area contributed by atoms with Crippen molar-refractivity contribution in [2.75, 3.05) is 44.3 Å². The van der Waals surface area contributed by atoms with Crippen LogP contribution in [0, 0.1) is 5.41 Å². The predicted octanol–water partition coefficient (Wildman–Crippen LogP) is 2.21. The van der Waals surface area contributed by atoms with Crippen LogP contribution in [0.4, 0.5) is 19.1 Å². The Hall–Kier alpha value is -3.15. The van der Waals surface area contributed by atoms with E-state index in [1.807, 2.05) is 40.9 Å². The van der Waals surface area contributed by atoms with Crippen LogP contribution in [0.2, 0.25) is 0 Å². The zero-order valence-electron chi connectivity index (χ0n) is 18.2. The van der Waals surface area contributed by atoms with Crippen molar-refractivity contribution >= 4 is 17.8 Å². The van der Waals surface area contributed by atoms with Gasteiger partial charge in [0.25, 0.3) is 5.91 Å². The van der Waals surface area contributed by atoms with Gasteiger partial charge in [-0.05, 0) is 31.0 Å². The number of rotatable bonds is 2. The highest BCUT2D eigenvalue weighted by molar-refractivity contribution is 5.92. The van der Waals surface area contributed by atoms with E-state index in [-0.39, 0.29) is 11.3 Å². The molecule has 0 aromatic carbocycles. The molecular formula is C21H26F3N5O4. The largest absolute Gasteiger partial charge is 0.490 e. The number of nitrogens with zero attached hydrogens (tertiary/aromatic N) is 5. The normalized spacial score (nSPS) is 21.2. The van der Waals surface area contributed by atoms with Gasteiger partial charge in [0, 0.05) is 57.2 Å². The van der Waals surface area contributed by atoms with Crippen LogP contribution in [-0.2, 0) is 16.6 Å². The molecule has 1 spiro atoms. The first-order valence-electron chi connectivity index (χ1n) is 10.4. The number of carbonyl (C=O) groups is 2. The summed E-state index contributed by atoms with van der Waals surface area (Å²) in [5.74, 6) is -1.92. The molecule has 2 fully saturated rings. The van der Waals surface area contributed by atoms with Crippen LogP contribution in [0.25, 0.3) is 0 Å². The molecule has 2 saturated heterocycles. The molecule has 0 bridgehead atoms. The summed E-state index contributed by atoms with van der Waals surface area (Å²) in [6, 6.07) is 5.63. The van der Waals surface area contributed by atoms with Crippen LogP contribution >= 0.6 is 0 Å². The number of carboxylic acids is 1. The molecule has 2 aliphatic heterocycles. The molecule has 1 unspecified atom stereocenters. The molecule has 1 amide bonds. The highest BCUT2D eigenvalue weighted by Gasteiger charge is 2.41. The van der Waals surface area contributed by atoms with Crippen molar-refractivity contribution in [3.05, 3.63) is 42.5 Å². The molecule has 4 rings (SSSR count). The molecule has 180 valence electrons. The molecular weight excluding hydrogens is 443 g/mol. The van der Waals surface area contributed by atoms with Crippen molar-refractivity contribution in [2.45, 2.75) is 19.0 Å². The summed E-state index contributed by atoms with van der Waals surface area (Å²) in [7, 11) is 1.91. The van der Waals surface area contributed by atoms with Crippen molar-refractivity contribution < 1.29 is 32.6 Å². The molecule has 2 aliphatic rings. The number of aliphatic carboxylic acids is 1. The Labute approximate surface area is 188 Å². The van der Waals surface area contributed by atoms with Gasteiger partial charge in [0.2, 0.25) is 5.95 Å². The first-order valence-corrected chi connectivity index (χ1v) is 10.4. The summed E-state index contributed by atoms with van der Waals surface area (Å²) in [4.78, 5) is 34.9. The fraction of sp³-hybridized carbons (Fsp3) is 0.524. The highest BCUT2D eigenvalue weighted by atomic mass is 19.4. The number of anilines is 1. The van der Waals surface area contributed by atoms with Crippen LogP contribution in [0.15, 0.2) is 36.8 Å². The standard InChI is InChI=1S/C19H25N5O2.C2HF3O2/c1-22-9-2-5-16(22)17(25)23-10-3-6-19(13-23)14-24(11-12-26-15-19)18-20-7-4-8-21-18;3-2(4,5)1(6)7/h2,4-5,7-9H,3,6,10-15H2,1H3;(H,6,7). The summed E-state index contributed by atoms with van der Waals surface area (Å²) in [5.41, 5.74) is 0.661. The quantitative estimate of drug-likeness (QED) is 0.720. The second-order valence-electron chi connectivity index (χ2n) is 8.16. The first-order chi connectivity index (χ1) is 15.6. The highest BCUT2D eigenvalue weighted by Crippen LogP contribution is 2.34. The minimum absolute atomic E-state index is 0.0746. The molecule has 1 N–H and O–H groups in total. The number of carboxylic acid groups (broad SMARTS) is 1. The van der Waals surface area contributed by atoms with Gasteiger partial charge in [-0.1, -0.05) is 0 Å². The number of aryl methyl sites for hydroxylation is 1. The van der Waals surface area contributed by atoms with Crippen molar-refractivity contribution in [2.24, 2.45) is 12.5 Å². The van der Waals surface area contributed by atoms with Crippen LogP contribution in [0.5, 0.6) is 0 Å². The second kappa shape index (κ2) is 10.2. The molecule has 2 aromatic heterocycles. The molecule has 0 saturated carbocycles. The van der Waals surface area contributed by atoms with Crippen LogP contribution < -0.4 is 4.90 Å². The number of likely N-dealkylation sites (tertiary alicyclic amines) is 1. The fourth-order valence-electron chi connectivity index (χ4n) is 4.09. The van der Waals surface area contributed by atoms with E-state index in [0.717, 1.165) is 44.1 Å². The summed E-state index contributed by atoms with van der Waals surface area (Å²) >= 11 is 0. The maximum absolute atomic E-state index is 13.0. The van der Waals surface area contributed by atoms with Crippen molar-refractivity contribution in [1.29, 1.82) is 0 Å². The Kier molecular flexibility index (Phi) is 7.57. The number of halogens is 3. The number of alkyl halides is 3. The number of hydrogen-bond acceptors (Lipinski definition) is 6. The Morgan fingerprint density at radius 2 is 1.85 bits per heavy atom. The topological polar surface area (TPSA) is 101 Å². The molecule has 4 heterocycles. The zero-order valence-corrected chi connectivity index (χ0v) is 18.2. The van der Waals surface area contributed by atoms with Gasteiger partial charge in [-0.25, -0.2) is 14.8 Å². The van der Waals surface area contributed by atoms with Crippen molar-refractivity contribution in [1.82, 2.24) is 19.4 Å².